The monoisotopic (exact) mass is 313 g/mol. The van der Waals surface area contributed by atoms with Crippen LogP contribution in [0.2, 0.25) is 4.47 Å². The summed E-state index contributed by atoms with van der Waals surface area (Å²) in [6, 6.07) is 0. The average Bonchev–Trinajstić information content (AvgIpc) is 2.73. The number of carboxylic acid groups (broad SMARTS) is 2. The quantitative estimate of drug-likeness (QED) is 0.892. The Morgan fingerprint density at radius 2 is 2.20 bits per heavy atom. The molecule has 0 saturated heterocycles. The van der Waals surface area contributed by atoms with Gasteiger partial charge in [0.05, 0.1) is 5.41 Å². The number of hydrogen-bond acceptors (Lipinski definition) is 4. The molecule has 0 saturated carbocycles. The molecule has 1 aliphatic rings. The number of carboxylic acids is 2. The van der Waals surface area contributed by atoms with Gasteiger partial charge in [-0.3, -0.25) is 4.79 Å². The number of aromatic nitrogens is 1. The predicted octanol–water partition coefficient (Wildman–Crippen LogP) is 2.77. The summed E-state index contributed by atoms with van der Waals surface area (Å²) >= 11 is 6.95. The van der Waals surface area contributed by atoms with Crippen LogP contribution in [-0.4, -0.2) is 27.1 Å². The zero-order valence-corrected chi connectivity index (χ0v) is 12.2. The van der Waals surface area contributed by atoms with Crippen LogP contribution < -0.4 is 0 Å². The highest BCUT2D eigenvalue weighted by molar-refractivity contribution is 7.15. The first-order valence-corrected chi connectivity index (χ1v) is 6.99. The predicted molar refractivity (Wildman–Crippen MR) is 75.0 cm³/mol. The maximum atomic E-state index is 11.7. The summed E-state index contributed by atoms with van der Waals surface area (Å²) in [6.45, 7) is 1.69. The van der Waals surface area contributed by atoms with Crippen molar-refractivity contribution in [2.24, 2.45) is 5.41 Å². The molecule has 7 heteroatoms. The fourth-order valence-corrected chi connectivity index (χ4v) is 3.44. The Kier molecular flexibility index (Phi) is 3.96. The minimum atomic E-state index is -1.26. The van der Waals surface area contributed by atoms with Gasteiger partial charge in [-0.15, -0.1) is 11.3 Å². The van der Waals surface area contributed by atoms with E-state index in [9.17, 15) is 14.7 Å². The molecule has 1 aromatic rings. The van der Waals surface area contributed by atoms with E-state index < -0.39 is 17.4 Å². The SMILES string of the molecule is CC1=CC(Cc2cnc(Cl)s2)(C(=O)O)CC(C(=O)O)=C1. The van der Waals surface area contributed by atoms with Gasteiger partial charge < -0.3 is 10.2 Å². The topological polar surface area (TPSA) is 87.5 Å². The molecule has 1 unspecified atom stereocenters. The molecule has 0 amide bonds. The number of carbonyl (C=O) groups is 2. The van der Waals surface area contributed by atoms with Gasteiger partial charge in [0.15, 0.2) is 4.47 Å². The van der Waals surface area contributed by atoms with Crippen LogP contribution >= 0.6 is 22.9 Å². The van der Waals surface area contributed by atoms with Crippen LogP contribution in [0.15, 0.2) is 29.5 Å². The summed E-state index contributed by atoms with van der Waals surface area (Å²) in [6.07, 6.45) is 4.76. The van der Waals surface area contributed by atoms with Gasteiger partial charge in [-0.1, -0.05) is 23.3 Å². The van der Waals surface area contributed by atoms with Crippen molar-refractivity contribution in [3.63, 3.8) is 0 Å². The van der Waals surface area contributed by atoms with E-state index in [1.807, 2.05) is 0 Å². The molecule has 0 spiro atoms. The van der Waals surface area contributed by atoms with Gasteiger partial charge in [0, 0.05) is 23.1 Å². The zero-order chi connectivity index (χ0) is 14.9. The molecular weight excluding hydrogens is 302 g/mol. The van der Waals surface area contributed by atoms with Gasteiger partial charge in [-0.05, 0) is 19.4 Å². The lowest BCUT2D eigenvalue weighted by atomic mass is 9.73. The lowest BCUT2D eigenvalue weighted by Gasteiger charge is -2.29. The minimum absolute atomic E-state index is 0.0511. The number of thiazole rings is 1. The van der Waals surface area contributed by atoms with Crippen LogP contribution in [0.4, 0.5) is 0 Å². The van der Waals surface area contributed by atoms with Crippen molar-refractivity contribution < 1.29 is 19.8 Å². The van der Waals surface area contributed by atoms with Gasteiger partial charge in [0.25, 0.3) is 0 Å². The summed E-state index contributed by atoms with van der Waals surface area (Å²) in [5.74, 6) is -2.14. The smallest absolute Gasteiger partial charge is 0.331 e. The third kappa shape index (κ3) is 2.91. The van der Waals surface area contributed by atoms with Gasteiger partial charge in [-0.25, -0.2) is 9.78 Å². The van der Waals surface area contributed by atoms with Crippen LogP contribution in [-0.2, 0) is 16.0 Å². The second-order valence-corrected chi connectivity index (χ2v) is 6.45. The van der Waals surface area contributed by atoms with Crippen molar-refractivity contribution in [2.45, 2.75) is 19.8 Å². The number of halogens is 1. The van der Waals surface area contributed by atoms with E-state index >= 15 is 0 Å². The molecule has 1 aliphatic carbocycles. The lowest BCUT2D eigenvalue weighted by molar-refractivity contribution is -0.146. The first kappa shape index (κ1) is 14.7. The molecule has 2 N–H and O–H groups in total. The molecule has 1 aromatic heterocycles. The molecule has 0 aliphatic heterocycles. The summed E-state index contributed by atoms with van der Waals surface area (Å²) < 4.78 is 0.339. The Morgan fingerprint density at radius 3 is 2.70 bits per heavy atom. The van der Waals surface area contributed by atoms with Gasteiger partial charge in [0.2, 0.25) is 0 Å². The van der Waals surface area contributed by atoms with E-state index in [2.05, 4.69) is 4.98 Å². The van der Waals surface area contributed by atoms with Crippen LogP contribution in [0.1, 0.15) is 18.2 Å². The van der Waals surface area contributed by atoms with E-state index in [1.165, 1.54) is 23.6 Å². The van der Waals surface area contributed by atoms with Crippen molar-refractivity contribution in [1.29, 1.82) is 0 Å². The van der Waals surface area contributed by atoms with Crippen LogP contribution in [0.5, 0.6) is 0 Å². The lowest BCUT2D eigenvalue weighted by Crippen LogP contribution is -2.34. The van der Waals surface area contributed by atoms with E-state index in [4.69, 9.17) is 16.7 Å². The van der Waals surface area contributed by atoms with Crippen LogP contribution in [0.25, 0.3) is 0 Å². The Morgan fingerprint density at radius 1 is 1.50 bits per heavy atom. The molecule has 1 heterocycles. The van der Waals surface area contributed by atoms with E-state index in [0.29, 0.717) is 14.9 Å². The zero-order valence-electron chi connectivity index (χ0n) is 10.6. The highest BCUT2D eigenvalue weighted by atomic mass is 35.5. The number of hydrogen-bond donors (Lipinski definition) is 2. The van der Waals surface area contributed by atoms with Crippen molar-refractivity contribution in [3.8, 4) is 0 Å². The highest BCUT2D eigenvalue weighted by Crippen LogP contribution is 2.39. The van der Waals surface area contributed by atoms with E-state index in [0.717, 1.165) is 0 Å². The summed E-state index contributed by atoms with van der Waals surface area (Å²) in [7, 11) is 0. The van der Waals surface area contributed by atoms with Crippen molar-refractivity contribution in [1.82, 2.24) is 4.98 Å². The van der Waals surface area contributed by atoms with E-state index in [-0.39, 0.29) is 18.4 Å². The van der Waals surface area contributed by atoms with Crippen LogP contribution in [0, 0.1) is 5.41 Å². The number of rotatable bonds is 4. The third-order valence-corrected chi connectivity index (χ3v) is 4.24. The fraction of sp³-hybridized carbons (Fsp3) is 0.308. The van der Waals surface area contributed by atoms with Crippen LogP contribution in [0.3, 0.4) is 0 Å². The van der Waals surface area contributed by atoms with Crippen molar-refractivity contribution in [2.75, 3.05) is 0 Å². The standard InChI is InChI=1S/C13H12ClNO4S/c1-7-2-8(10(16)17)4-13(3-7,11(18)19)5-9-6-15-12(14)20-9/h2-3,6H,4-5H2,1H3,(H,16,17)(H,18,19). The molecular formula is C13H12ClNO4S. The third-order valence-electron chi connectivity index (χ3n) is 3.13. The Labute approximate surface area is 124 Å². The summed E-state index contributed by atoms with van der Waals surface area (Å²) in [4.78, 5) is 27.4. The first-order chi connectivity index (χ1) is 9.32. The molecule has 0 bridgehead atoms. The summed E-state index contributed by atoms with van der Waals surface area (Å²) in [5.41, 5.74) is -0.530. The largest absolute Gasteiger partial charge is 0.481 e. The molecule has 0 fully saturated rings. The minimum Gasteiger partial charge on any atom is -0.481 e. The van der Waals surface area contributed by atoms with Gasteiger partial charge >= 0.3 is 11.9 Å². The summed E-state index contributed by atoms with van der Waals surface area (Å²) in [5, 5.41) is 18.7. The first-order valence-electron chi connectivity index (χ1n) is 5.79. The maximum Gasteiger partial charge on any atom is 0.331 e. The highest BCUT2D eigenvalue weighted by Gasteiger charge is 2.41. The molecule has 1 atom stereocenters. The fourth-order valence-electron chi connectivity index (χ4n) is 2.33. The molecule has 106 valence electrons. The average molecular weight is 314 g/mol. The van der Waals surface area contributed by atoms with Crippen molar-refractivity contribution >= 4 is 34.9 Å². The molecule has 0 radical (unpaired) electrons. The number of allylic oxidation sites excluding steroid dienone is 2. The normalized spacial score (nSPS) is 22.1. The number of aliphatic carboxylic acids is 2. The Balaban J connectivity index is 2.39. The molecule has 20 heavy (non-hydrogen) atoms. The van der Waals surface area contributed by atoms with Gasteiger partial charge in [-0.2, -0.15) is 0 Å². The number of nitrogens with zero attached hydrogens (tertiary/aromatic N) is 1. The van der Waals surface area contributed by atoms with E-state index in [1.54, 1.807) is 13.0 Å². The van der Waals surface area contributed by atoms with Crippen molar-refractivity contribution in [3.05, 3.63) is 38.8 Å². The Hall–Kier alpha value is -1.66. The molecule has 5 nitrogen and oxygen atoms in total. The second-order valence-electron chi connectivity index (χ2n) is 4.76. The molecule has 0 aromatic carbocycles. The molecule has 2 rings (SSSR count). The van der Waals surface area contributed by atoms with Gasteiger partial charge in [0.1, 0.15) is 0 Å². The maximum absolute atomic E-state index is 11.7. The second kappa shape index (κ2) is 5.38. The Bertz CT molecular complexity index is 634.